The van der Waals surface area contributed by atoms with Gasteiger partial charge in [-0.25, -0.2) is 8.78 Å². The van der Waals surface area contributed by atoms with Crippen LogP contribution in [-0.2, 0) is 29.4 Å². The molecule has 13 heteroatoms. The molecule has 1 aliphatic heterocycles. The van der Waals surface area contributed by atoms with Crippen molar-refractivity contribution in [2.45, 2.75) is 71.3 Å². The van der Waals surface area contributed by atoms with Crippen LogP contribution in [0.15, 0.2) is 36.4 Å². The van der Waals surface area contributed by atoms with E-state index in [4.69, 9.17) is 9.84 Å². The van der Waals surface area contributed by atoms with Gasteiger partial charge in [0.1, 0.15) is 18.5 Å². The number of rotatable bonds is 11. The molecule has 3 rings (SSSR count). The number of likely N-dealkylation sites (tertiary alicyclic amines) is 1. The summed E-state index contributed by atoms with van der Waals surface area (Å²) in [7, 11) is 0. The van der Waals surface area contributed by atoms with Gasteiger partial charge in [0.2, 0.25) is 12.2 Å². The number of hydrogen-bond acceptors (Lipinski definition) is 6. The first-order valence-corrected chi connectivity index (χ1v) is 14.8. The highest BCUT2D eigenvalue weighted by atomic mass is 19.2. The molecule has 0 bridgehead atoms. The molecule has 3 N–H and O–H groups in total. The van der Waals surface area contributed by atoms with E-state index in [1.807, 2.05) is 29.6 Å². The lowest BCUT2D eigenvalue weighted by atomic mass is 9.86. The maximum Gasteiger partial charge on any atom is 0.313 e. The first-order valence-electron chi connectivity index (χ1n) is 14.8. The van der Waals surface area contributed by atoms with E-state index in [1.165, 1.54) is 12.2 Å². The predicted octanol–water partition coefficient (Wildman–Crippen LogP) is 5.49. The number of anilines is 1. The van der Waals surface area contributed by atoms with Gasteiger partial charge in [0, 0.05) is 27.7 Å². The van der Waals surface area contributed by atoms with E-state index in [2.05, 4.69) is 26.1 Å². The summed E-state index contributed by atoms with van der Waals surface area (Å²) < 4.78 is 46.0. The molecule has 1 fully saturated rings. The fourth-order valence-electron chi connectivity index (χ4n) is 4.55. The Bertz CT molecular complexity index is 1450. The van der Waals surface area contributed by atoms with Crippen molar-refractivity contribution in [1.82, 2.24) is 10.2 Å². The van der Waals surface area contributed by atoms with Gasteiger partial charge >= 0.3 is 17.8 Å². The van der Waals surface area contributed by atoms with Crippen molar-refractivity contribution < 1.29 is 49.8 Å². The Morgan fingerprint density at radius 3 is 2.30 bits per heavy atom. The molecule has 0 saturated carbocycles. The van der Waals surface area contributed by atoms with Crippen LogP contribution in [0.4, 0.5) is 18.9 Å². The molecule has 1 atom stereocenters. The first-order chi connectivity index (χ1) is 21.7. The van der Waals surface area contributed by atoms with E-state index >= 15 is 0 Å². The minimum atomic E-state index is -1.50. The molecule has 10 nitrogen and oxygen atoms in total. The van der Waals surface area contributed by atoms with Crippen LogP contribution in [-0.4, -0.2) is 65.7 Å². The van der Waals surface area contributed by atoms with Crippen LogP contribution in [0.1, 0.15) is 73.8 Å². The maximum atomic E-state index is 13.9. The van der Waals surface area contributed by atoms with Crippen molar-refractivity contribution in [2.24, 2.45) is 0 Å². The van der Waals surface area contributed by atoms with Crippen molar-refractivity contribution >= 4 is 41.7 Å². The number of carboxylic acid groups (broad SMARTS) is 1. The Morgan fingerprint density at radius 2 is 1.72 bits per heavy atom. The summed E-state index contributed by atoms with van der Waals surface area (Å²) in [6, 6.07) is 6.59. The summed E-state index contributed by atoms with van der Waals surface area (Å²) in [5.74, 6) is -8.09. The zero-order chi connectivity index (χ0) is 34.4. The van der Waals surface area contributed by atoms with Gasteiger partial charge in [-0.15, -0.1) is 0 Å². The lowest BCUT2D eigenvalue weighted by molar-refractivity contribution is -0.143. The van der Waals surface area contributed by atoms with E-state index in [0.29, 0.717) is 25.6 Å². The second-order valence-electron chi connectivity index (χ2n) is 11.5. The van der Waals surface area contributed by atoms with Crippen LogP contribution < -0.4 is 15.4 Å². The Morgan fingerprint density at radius 1 is 1.07 bits per heavy atom. The van der Waals surface area contributed by atoms with Crippen molar-refractivity contribution in [3.63, 3.8) is 0 Å². The highest BCUT2D eigenvalue weighted by Gasteiger charge is 2.26. The molecule has 0 radical (unpaired) electrons. The smallest absolute Gasteiger partial charge is 0.313 e. The number of carbonyl (C=O) groups is 5. The number of aliphatic carboxylic acids is 1. The molecule has 0 aliphatic carbocycles. The number of hydrogen-bond donors (Lipinski definition) is 3. The minimum absolute atomic E-state index is 0. The standard InChI is InChI=1S/C17H24N2O2.C16H16F3NO5.2H2/c1-17(2,3)13-9-5-6-10-14(13)18-15(20)16(21)19-11-7-4-8-12-19;1-2-3-4-9-10(17)5-11(18)15(19)16(9)25-7-13(22)12(20-8-21)6-14(23)24;;/h5-6,9-10H,4,7-8,11-12H2,1-3H3,(H,18,20);3-5,8,12H,2,6-7H2,1H3,(H,20,21)(H,23,24);2*1H/b;4-3+;;/t;12-;;/m.0../s1. The molecule has 1 aliphatic rings. The van der Waals surface area contributed by atoms with Gasteiger partial charge in [-0.3, -0.25) is 24.0 Å². The topological polar surface area (TPSA) is 142 Å². The van der Waals surface area contributed by atoms with E-state index in [1.54, 1.807) is 11.8 Å². The number of carbonyl (C=O) groups excluding carboxylic acids is 4. The van der Waals surface area contributed by atoms with E-state index < -0.39 is 65.8 Å². The van der Waals surface area contributed by atoms with Gasteiger partial charge in [0.25, 0.3) is 0 Å². The average molecular weight is 652 g/mol. The largest absolute Gasteiger partial charge is 0.482 e. The third kappa shape index (κ3) is 11.0. The van der Waals surface area contributed by atoms with Crippen molar-refractivity contribution in [1.29, 1.82) is 0 Å². The third-order valence-corrected chi connectivity index (χ3v) is 6.90. The highest BCUT2D eigenvalue weighted by molar-refractivity contribution is 6.39. The van der Waals surface area contributed by atoms with Crippen LogP contribution in [0, 0.1) is 17.5 Å². The number of piperidine rings is 1. The summed E-state index contributed by atoms with van der Waals surface area (Å²) in [6.45, 7) is 8.49. The number of nitrogens with one attached hydrogen (secondary N) is 2. The first kappa shape index (κ1) is 37.5. The quantitative estimate of drug-likeness (QED) is 0.166. The Labute approximate surface area is 269 Å². The van der Waals surface area contributed by atoms with Gasteiger partial charge in [0.05, 0.1) is 12.0 Å². The van der Waals surface area contributed by atoms with Crippen molar-refractivity contribution in [3.05, 3.63) is 65.0 Å². The fourth-order valence-corrected chi connectivity index (χ4v) is 4.55. The Kier molecular flexibility index (Phi) is 14.4. The molecule has 0 unspecified atom stereocenters. The monoisotopic (exact) mass is 651 g/mol. The van der Waals surface area contributed by atoms with Crippen LogP contribution >= 0.6 is 0 Å². The molecule has 0 spiro atoms. The fraction of sp³-hybridized carbons (Fsp3) is 0.424. The van der Waals surface area contributed by atoms with Crippen LogP contribution in [0.2, 0.25) is 0 Å². The zero-order valence-electron chi connectivity index (χ0n) is 26.3. The number of ether oxygens (including phenoxy) is 1. The molecule has 3 amide bonds. The highest BCUT2D eigenvalue weighted by Crippen LogP contribution is 2.30. The Balaban J connectivity index is 0.000000894. The molecule has 1 saturated heterocycles. The number of ketones is 1. The number of para-hydroxylation sites is 1. The van der Waals surface area contributed by atoms with E-state index in [0.717, 1.165) is 30.5 Å². The second kappa shape index (κ2) is 17.7. The summed E-state index contributed by atoms with van der Waals surface area (Å²) in [5, 5.41) is 13.5. The number of allylic oxidation sites excluding steroid dienone is 1. The zero-order valence-corrected chi connectivity index (χ0v) is 26.3. The minimum Gasteiger partial charge on any atom is -0.482 e. The molecule has 2 aromatic carbocycles. The predicted molar refractivity (Wildman–Crippen MR) is 170 cm³/mol. The van der Waals surface area contributed by atoms with Gasteiger partial charge < -0.3 is 25.4 Å². The average Bonchev–Trinajstić information content (AvgIpc) is 3.01. The number of Topliss-reactive ketones (excluding diaryl/α,β-unsaturated/α-hetero) is 1. The van der Waals surface area contributed by atoms with Crippen molar-refractivity contribution in [3.8, 4) is 5.75 Å². The molecule has 2 aromatic rings. The van der Waals surface area contributed by atoms with Crippen molar-refractivity contribution in [2.75, 3.05) is 25.0 Å². The summed E-state index contributed by atoms with van der Waals surface area (Å²) in [4.78, 5) is 59.0. The van der Waals surface area contributed by atoms with E-state index in [9.17, 15) is 37.1 Å². The molecule has 0 aromatic heterocycles. The van der Waals surface area contributed by atoms with Crippen LogP contribution in [0.5, 0.6) is 5.75 Å². The maximum absolute atomic E-state index is 13.9. The summed E-state index contributed by atoms with van der Waals surface area (Å²) in [6.07, 6.45) is 5.66. The Hall–Kier alpha value is -4.68. The molecule has 254 valence electrons. The number of nitrogens with zero attached hydrogens (tertiary/aromatic N) is 1. The third-order valence-electron chi connectivity index (χ3n) is 6.90. The SMILES string of the molecule is CC(C)(C)c1ccccc1NC(=O)C(=O)N1CCCCC1.CC/C=C/c1c(F)cc(F)c(F)c1OCC(=O)[C@H](CC(=O)O)NC=O.[HH].[HH]. The number of halogens is 3. The molecule has 1 heterocycles. The molecular weight excluding hydrogens is 607 g/mol. The number of carboxylic acids is 1. The van der Waals surface area contributed by atoms with Gasteiger partial charge in [-0.1, -0.05) is 58.0 Å². The lowest BCUT2D eigenvalue weighted by Crippen LogP contribution is -2.42. The van der Waals surface area contributed by atoms with Crippen LogP contribution in [0.25, 0.3) is 6.08 Å². The molecular formula is C33H44F3N3O7. The summed E-state index contributed by atoms with van der Waals surface area (Å²) >= 11 is 0. The van der Waals surface area contributed by atoms with E-state index in [-0.39, 0.29) is 20.2 Å². The van der Waals surface area contributed by atoms with Crippen LogP contribution in [0.3, 0.4) is 0 Å². The number of benzene rings is 2. The van der Waals surface area contributed by atoms with Gasteiger partial charge in [0.15, 0.2) is 17.3 Å². The second-order valence-corrected chi connectivity index (χ2v) is 11.5. The molecule has 46 heavy (non-hydrogen) atoms. The van der Waals surface area contributed by atoms with Gasteiger partial charge in [-0.05, 0) is 42.7 Å². The summed E-state index contributed by atoms with van der Waals surface area (Å²) in [5.41, 5.74) is 1.29. The van der Waals surface area contributed by atoms with Gasteiger partial charge in [-0.2, -0.15) is 4.39 Å². The number of amides is 3. The normalized spacial score (nSPS) is 13.7. The lowest BCUT2D eigenvalue weighted by Gasteiger charge is -2.27.